The van der Waals surface area contributed by atoms with E-state index in [1.165, 1.54) is 0 Å². The second kappa shape index (κ2) is 7.59. The summed E-state index contributed by atoms with van der Waals surface area (Å²) in [6.45, 7) is 5.55. The van der Waals surface area contributed by atoms with Crippen molar-refractivity contribution >= 4 is 17.4 Å². The molecule has 2 amide bonds. The van der Waals surface area contributed by atoms with Gasteiger partial charge in [-0.25, -0.2) is 9.78 Å². The number of carbonyl (C=O) groups excluding carboxylic acids is 1. The van der Waals surface area contributed by atoms with Gasteiger partial charge in [-0.3, -0.25) is 0 Å². The lowest BCUT2D eigenvalue weighted by Crippen LogP contribution is -2.47. The second-order valence-electron chi connectivity index (χ2n) is 5.19. The molecule has 0 radical (unpaired) electrons. The van der Waals surface area contributed by atoms with Gasteiger partial charge in [-0.05, 0) is 19.3 Å². The van der Waals surface area contributed by atoms with E-state index in [9.17, 15) is 4.79 Å². The largest absolute Gasteiger partial charge is 0.376 e. The van der Waals surface area contributed by atoms with Crippen LogP contribution in [0.2, 0.25) is 0 Å². The first kappa shape index (κ1) is 15.3. The Hall–Kier alpha value is -1.14. The summed E-state index contributed by atoms with van der Waals surface area (Å²) in [7, 11) is 0. The molecule has 6 heteroatoms. The van der Waals surface area contributed by atoms with Crippen molar-refractivity contribution in [2.24, 2.45) is 0 Å². The van der Waals surface area contributed by atoms with Gasteiger partial charge in [0.1, 0.15) is 0 Å². The monoisotopic (exact) mass is 297 g/mol. The Balaban J connectivity index is 1.73. The van der Waals surface area contributed by atoms with Crippen molar-refractivity contribution in [2.45, 2.75) is 51.2 Å². The van der Waals surface area contributed by atoms with Crippen molar-refractivity contribution < 1.29 is 9.53 Å². The minimum Gasteiger partial charge on any atom is -0.376 e. The average molecular weight is 297 g/mol. The molecule has 1 saturated heterocycles. The van der Waals surface area contributed by atoms with Gasteiger partial charge < -0.3 is 15.4 Å². The van der Waals surface area contributed by atoms with E-state index < -0.39 is 0 Å². The van der Waals surface area contributed by atoms with Gasteiger partial charge in [0, 0.05) is 30.6 Å². The van der Waals surface area contributed by atoms with Crippen LogP contribution in [0.25, 0.3) is 0 Å². The van der Waals surface area contributed by atoms with Gasteiger partial charge in [0.05, 0.1) is 17.2 Å². The molecule has 2 N–H and O–H groups in total. The number of carbonyl (C=O) groups is 1. The lowest BCUT2D eigenvalue weighted by atomic mass is 10.1. The van der Waals surface area contributed by atoms with Crippen LogP contribution in [-0.2, 0) is 4.74 Å². The Morgan fingerprint density at radius 1 is 1.65 bits per heavy atom. The van der Waals surface area contributed by atoms with E-state index in [-0.39, 0.29) is 24.1 Å². The van der Waals surface area contributed by atoms with Crippen LogP contribution in [0.15, 0.2) is 11.6 Å². The fourth-order valence-electron chi connectivity index (χ4n) is 2.41. The molecule has 0 saturated carbocycles. The Morgan fingerprint density at radius 3 is 3.10 bits per heavy atom. The minimum atomic E-state index is -0.115. The maximum atomic E-state index is 11.9. The Bertz CT molecular complexity index is 405. The second-order valence-corrected chi connectivity index (χ2v) is 6.12. The van der Waals surface area contributed by atoms with Gasteiger partial charge in [-0.1, -0.05) is 13.8 Å². The van der Waals surface area contributed by atoms with Crippen LogP contribution >= 0.6 is 11.3 Å². The zero-order chi connectivity index (χ0) is 14.4. The molecule has 20 heavy (non-hydrogen) atoms. The summed E-state index contributed by atoms with van der Waals surface area (Å²) in [5.74, 6) is 0.239. The first-order valence-electron chi connectivity index (χ1n) is 7.26. The molecule has 1 aromatic rings. The molecular formula is C14H23N3O2S. The standard InChI is InChI=1S/C14H23N3O2S/c1-3-11(12-5-4-7-19-12)17-14(18)16-9-10(2)13-15-6-8-20-13/h6,8,10-12H,3-5,7,9H2,1-2H3,(H2,16,17,18)/t10-,11+,12-/m1/s1. The Kier molecular flexibility index (Phi) is 5.79. The maximum Gasteiger partial charge on any atom is 0.315 e. The molecular weight excluding hydrogens is 274 g/mol. The van der Waals surface area contributed by atoms with Crippen LogP contribution in [-0.4, -0.2) is 36.3 Å². The molecule has 1 aromatic heterocycles. The molecule has 0 aromatic carbocycles. The first-order valence-corrected chi connectivity index (χ1v) is 8.14. The van der Waals surface area contributed by atoms with Gasteiger partial charge in [0.2, 0.25) is 0 Å². The van der Waals surface area contributed by atoms with Crippen molar-refractivity contribution in [1.29, 1.82) is 0 Å². The summed E-state index contributed by atoms with van der Waals surface area (Å²) in [6, 6.07) is -0.0107. The summed E-state index contributed by atoms with van der Waals surface area (Å²) >= 11 is 1.62. The fraction of sp³-hybridized carbons (Fsp3) is 0.714. The van der Waals surface area contributed by atoms with Crippen LogP contribution in [0.5, 0.6) is 0 Å². The van der Waals surface area contributed by atoms with Crippen LogP contribution in [0, 0.1) is 0 Å². The number of amides is 2. The molecule has 1 fully saturated rings. The van der Waals surface area contributed by atoms with Crippen molar-refractivity contribution in [3.63, 3.8) is 0 Å². The van der Waals surface area contributed by atoms with Crippen LogP contribution in [0.3, 0.4) is 0 Å². The van der Waals surface area contributed by atoms with Crippen LogP contribution in [0.4, 0.5) is 4.79 Å². The number of ether oxygens (including phenoxy) is 1. The molecule has 0 unspecified atom stereocenters. The summed E-state index contributed by atoms with van der Waals surface area (Å²) in [4.78, 5) is 16.2. The average Bonchev–Trinajstić information content (AvgIpc) is 3.14. The van der Waals surface area contributed by atoms with Crippen molar-refractivity contribution in [3.8, 4) is 0 Å². The molecule has 0 aliphatic carbocycles. The number of thiazole rings is 1. The SMILES string of the molecule is CC[C@H](NC(=O)NC[C@@H](C)c1nccs1)[C@H]1CCCO1. The van der Waals surface area contributed by atoms with E-state index in [0.717, 1.165) is 30.9 Å². The van der Waals surface area contributed by atoms with E-state index in [1.54, 1.807) is 17.5 Å². The van der Waals surface area contributed by atoms with Crippen molar-refractivity contribution in [3.05, 3.63) is 16.6 Å². The molecule has 0 spiro atoms. The molecule has 5 nitrogen and oxygen atoms in total. The number of hydrogen-bond donors (Lipinski definition) is 2. The third-order valence-electron chi connectivity index (χ3n) is 3.61. The lowest BCUT2D eigenvalue weighted by Gasteiger charge is -2.23. The lowest BCUT2D eigenvalue weighted by molar-refractivity contribution is 0.0796. The summed E-state index contributed by atoms with van der Waals surface area (Å²) in [5, 5.41) is 8.94. The fourth-order valence-corrected chi connectivity index (χ4v) is 3.11. The number of rotatable bonds is 6. The van der Waals surface area contributed by atoms with Gasteiger partial charge in [0.25, 0.3) is 0 Å². The molecule has 0 bridgehead atoms. The van der Waals surface area contributed by atoms with Gasteiger partial charge >= 0.3 is 6.03 Å². The van der Waals surface area contributed by atoms with E-state index in [0.29, 0.717) is 6.54 Å². The molecule has 1 aliphatic rings. The molecule has 2 heterocycles. The predicted molar refractivity (Wildman–Crippen MR) is 80.1 cm³/mol. The number of nitrogens with zero attached hydrogens (tertiary/aromatic N) is 1. The van der Waals surface area contributed by atoms with Crippen molar-refractivity contribution in [1.82, 2.24) is 15.6 Å². The van der Waals surface area contributed by atoms with E-state index >= 15 is 0 Å². The number of aromatic nitrogens is 1. The quantitative estimate of drug-likeness (QED) is 0.848. The molecule has 3 atom stereocenters. The number of hydrogen-bond acceptors (Lipinski definition) is 4. The predicted octanol–water partition coefficient (Wildman–Crippen LogP) is 2.50. The minimum absolute atomic E-state index is 0.104. The third-order valence-corrected chi connectivity index (χ3v) is 4.62. The molecule has 112 valence electrons. The molecule has 1 aliphatic heterocycles. The summed E-state index contributed by atoms with van der Waals surface area (Å²) in [5.41, 5.74) is 0. The van der Waals surface area contributed by atoms with Gasteiger partial charge in [-0.15, -0.1) is 11.3 Å². The van der Waals surface area contributed by atoms with Crippen LogP contribution < -0.4 is 10.6 Å². The van der Waals surface area contributed by atoms with Gasteiger partial charge in [-0.2, -0.15) is 0 Å². The first-order chi connectivity index (χ1) is 9.70. The Morgan fingerprint density at radius 2 is 2.50 bits per heavy atom. The van der Waals surface area contributed by atoms with Crippen molar-refractivity contribution in [2.75, 3.05) is 13.2 Å². The maximum absolute atomic E-state index is 11.9. The topological polar surface area (TPSA) is 63.2 Å². The third kappa shape index (κ3) is 4.18. The molecule has 2 rings (SSSR count). The normalized spacial score (nSPS) is 21.4. The van der Waals surface area contributed by atoms with E-state index in [1.807, 2.05) is 5.38 Å². The zero-order valence-electron chi connectivity index (χ0n) is 12.1. The summed E-state index contributed by atoms with van der Waals surface area (Å²) in [6.07, 6.45) is 4.98. The highest BCUT2D eigenvalue weighted by Gasteiger charge is 2.25. The van der Waals surface area contributed by atoms with Crippen LogP contribution in [0.1, 0.15) is 44.0 Å². The highest BCUT2D eigenvalue weighted by atomic mass is 32.1. The highest BCUT2D eigenvalue weighted by molar-refractivity contribution is 7.09. The van der Waals surface area contributed by atoms with E-state index in [2.05, 4.69) is 29.5 Å². The number of nitrogens with one attached hydrogen (secondary N) is 2. The number of urea groups is 1. The Labute approximate surface area is 124 Å². The van der Waals surface area contributed by atoms with E-state index in [4.69, 9.17) is 4.74 Å². The smallest absolute Gasteiger partial charge is 0.315 e. The zero-order valence-corrected chi connectivity index (χ0v) is 12.9. The van der Waals surface area contributed by atoms with Gasteiger partial charge in [0.15, 0.2) is 0 Å². The highest BCUT2D eigenvalue weighted by Crippen LogP contribution is 2.18. The summed E-state index contributed by atoms with van der Waals surface area (Å²) < 4.78 is 5.64.